The monoisotopic (exact) mass is 403 g/mol. The van der Waals surface area contributed by atoms with Gasteiger partial charge in [0.1, 0.15) is 16.5 Å². The van der Waals surface area contributed by atoms with Gasteiger partial charge in [-0.15, -0.1) is 27.8 Å². The number of aromatic amines is 2. The highest BCUT2D eigenvalue weighted by Crippen LogP contribution is 2.32. The first-order chi connectivity index (χ1) is 12.5. The van der Waals surface area contributed by atoms with Gasteiger partial charge in [-0.25, -0.2) is 9.97 Å². The van der Waals surface area contributed by atoms with Gasteiger partial charge in [0.2, 0.25) is 5.16 Å². The van der Waals surface area contributed by atoms with E-state index < -0.39 is 0 Å². The Morgan fingerprint density at radius 2 is 2.15 bits per heavy atom. The van der Waals surface area contributed by atoms with Crippen LogP contribution in [0.15, 0.2) is 27.5 Å². The van der Waals surface area contributed by atoms with Gasteiger partial charge in [0.05, 0.1) is 10.6 Å². The molecule has 0 amide bonds. The topological polar surface area (TPSA) is 87.3 Å². The van der Waals surface area contributed by atoms with E-state index in [4.69, 9.17) is 0 Å². The zero-order chi connectivity index (χ0) is 18.3. The molecular formula is C17H17N5OS3. The van der Waals surface area contributed by atoms with Crippen LogP contribution in [0.5, 0.6) is 0 Å². The molecule has 2 N–H and O–H groups in total. The van der Waals surface area contributed by atoms with Crippen LogP contribution >= 0.6 is 34.4 Å². The Labute approximate surface area is 162 Å². The van der Waals surface area contributed by atoms with E-state index in [2.05, 4.69) is 36.6 Å². The van der Waals surface area contributed by atoms with Gasteiger partial charge in [0, 0.05) is 16.2 Å². The molecule has 4 aromatic rings. The number of nitrogens with one attached hydrogen (secondary N) is 2. The van der Waals surface area contributed by atoms with Gasteiger partial charge in [-0.05, 0) is 37.8 Å². The molecule has 1 unspecified atom stereocenters. The largest absolute Gasteiger partial charge is 0.309 e. The van der Waals surface area contributed by atoms with Crippen molar-refractivity contribution in [1.82, 2.24) is 25.1 Å². The number of thiophene rings is 2. The quantitative estimate of drug-likeness (QED) is 0.487. The summed E-state index contributed by atoms with van der Waals surface area (Å²) in [5.74, 6) is 1.49. The molecule has 0 aliphatic carbocycles. The van der Waals surface area contributed by atoms with Crippen molar-refractivity contribution in [2.45, 2.75) is 37.6 Å². The van der Waals surface area contributed by atoms with Crippen molar-refractivity contribution in [3.8, 4) is 0 Å². The molecule has 134 valence electrons. The first kappa shape index (κ1) is 17.4. The van der Waals surface area contributed by atoms with E-state index in [0.717, 1.165) is 27.5 Å². The van der Waals surface area contributed by atoms with Crippen LogP contribution in [0.1, 0.15) is 39.1 Å². The maximum atomic E-state index is 12.4. The lowest BCUT2D eigenvalue weighted by molar-refractivity contribution is 0.906. The second kappa shape index (κ2) is 6.98. The minimum Gasteiger partial charge on any atom is -0.309 e. The first-order valence-corrected chi connectivity index (χ1v) is 10.7. The summed E-state index contributed by atoms with van der Waals surface area (Å²) in [7, 11) is 0. The molecule has 26 heavy (non-hydrogen) atoms. The molecule has 0 aromatic carbocycles. The summed E-state index contributed by atoms with van der Waals surface area (Å²) in [4.78, 5) is 27.7. The maximum absolute atomic E-state index is 12.4. The molecule has 0 radical (unpaired) electrons. The minimum absolute atomic E-state index is 0.0554. The van der Waals surface area contributed by atoms with Crippen LogP contribution < -0.4 is 5.56 Å². The number of H-pyrrole nitrogens is 2. The average molecular weight is 404 g/mol. The first-order valence-electron chi connectivity index (χ1n) is 8.11. The summed E-state index contributed by atoms with van der Waals surface area (Å²) < 4.78 is 0. The van der Waals surface area contributed by atoms with E-state index >= 15 is 0 Å². The van der Waals surface area contributed by atoms with Crippen LogP contribution in [0.3, 0.4) is 0 Å². The predicted molar refractivity (Wildman–Crippen MR) is 107 cm³/mol. The van der Waals surface area contributed by atoms with Gasteiger partial charge >= 0.3 is 0 Å². The van der Waals surface area contributed by atoms with Crippen LogP contribution in [0.2, 0.25) is 0 Å². The van der Waals surface area contributed by atoms with E-state index in [1.54, 1.807) is 22.7 Å². The molecule has 1 atom stereocenters. The summed E-state index contributed by atoms with van der Waals surface area (Å²) in [6, 6.07) is 4.11. The summed E-state index contributed by atoms with van der Waals surface area (Å²) in [6.45, 7) is 5.98. The lowest BCUT2D eigenvalue weighted by atomic mass is 10.2. The number of aryl methyl sites for hydroxylation is 2. The minimum atomic E-state index is -0.0762. The Balaban J connectivity index is 1.55. The molecule has 0 spiro atoms. The lowest BCUT2D eigenvalue weighted by Gasteiger charge is -2.07. The highest BCUT2D eigenvalue weighted by molar-refractivity contribution is 7.99. The van der Waals surface area contributed by atoms with E-state index in [1.165, 1.54) is 16.6 Å². The second-order valence-electron chi connectivity index (χ2n) is 6.00. The summed E-state index contributed by atoms with van der Waals surface area (Å²) in [5, 5.41) is 10.6. The molecule has 4 aromatic heterocycles. The number of hydrogen-bond donors (Lipinski definition) is 2. The van der Waals surface area contributed by atoms with Gasteiger partial charge in [0.25, 0.3) is 5.56 Å². The van der Waals surface area contributed by atoms with E-state index in [-0.39, 0.29) is 10.8 Å². The summed E-state index contributed by atoms with van der Waals surface area (Å²) in [5.41, 5.74) is 0.936. The summed E-state index contributed by atoms with van der Waals surface area (Å²) in [6.07, 6.45) is 0.744. The third kappa shape index (κ3) is 3.34. The highest BCUT2D eigenvalue weighted by atomic mass is 32.2. The van der Waals surface area contributed by atoms with Crippen molar-refractivity contribution >= 4 is 44.7 Å². The Kier molecular flexibility index (Phi) is 4.68. The molecular weight excluding hydrogens is 386 g/mol. The normalized spacial score (nSPS) is 12.7. The SMILES string of the molecule is Cc1sc2nc(C(C)Sc3n[nH]c(Cc4cccs4)n3)[nH]c(=O)c2c1C. The molecule has 0 bridgehead atoms. The van der Waals surface area contributed by atoms with Gasteiger partial charge in [0.15, 0.2) is 0 Å². The van der Waals surface area contributed by atoms with Crippen molar-refractivity contribution in [2.24, 2.45) is 0 Å². The smallest absolute Gasteiger partial charge is 0.259 e. The fourth-order valence-electron chi connectivity index (χ4n) is 2.67. The lowest BCUT2D eigenvalue weighted by Crippen LogP contribution is -2.12. The van der Waals surface area contributed by atoms with Crippen LogP contribution in [0, 0.1) is 13.8 Å². The van der Waals surface area contributed by atoms with E-state index in [9.17, 15) is 4.79 Å². The van der Waals surface area contributed by atoms with Crippen LogP contribution in [-0.4, -0.2) is 25.1 Å². The van der Waals surface area contributed by atoms with Gasteiger partial charge in [-0.1, -0.05) is 17.8 Å². The molecule has 0 aliphatic rings. The number of thioether (sulfide) groups is 1. The number of nitrogens with zero attached hydrogens (tertiary/aromatic N) is 3. The number of hydrogen-bond acceptors (Lipinski definition) is 7. The number of rotatable bonds is 5. The Hall–Kier alpha value is -1.97. The molecule has 4 heterocycles. The molecule has 0 saturated heterocycles. The van der Waals surface area contributed by atoms with Gasteiger partial charge in [-0.2, -0.15) is 0 Å². The molecule has 0 saturated carbocycles. The fraction of sp³-hybridized carbons (Fsp3) is 0.294. The highest BCUT2D eigenvalue weighted by Gasteiger charge is 2.18. The van der Waals surface area contributed by atoms with E-state index in [0.29, 0.717) is 16.4 Å². The Morgan fingerprint density at radius 1 is 1.31 bits per heavy atom. The van der Waals surface area contributed by atoms with Crippen molar-refractivity contribution in [3.63, 3.8) is 0 Å². The third-order valence-electron chi connectivity index (χ3n) is 4.16. The Bertz CT molecular complexity index is 1110. The van der Waals surface area contributed by atoms with Crippen molar-refractivity contribution in [2.75, 3.05) is 0 Å². The fourth-order valence-corrected chi connectivity index (χ4v) is 5.21. The average Bonchev–Trinajstić information content (AvgIpc) is 3.31. The molecule has 9 heteroatoms. The molecule has 0 aliphatic heterocycles. The molecule has 0 fully saturated rings. The molecule has 4 rings (SSSR count). The Morgan fingerprint density at radius 3 is 2.92 bits per heavy atom. The van der Waals surface area contributed by atoms with Gasteiger partial charge in [-0.3, -0.25) is 9.89 Å². The maximum Gasteiger partial charge on any atom is 0.259 e. The standard InChI is InChI=1S/C17H17N5OS3/c1-8-9(2)25-16-13(8)15(23)19-14(20-16)10(3)26-17-18-12(21-22-17)7-11-5-4-6-24-11/h4-6,10H,7H2,1-3H3,(H,18,21,22)(H,19,20,23). The number of fused-ring (bicyclic) bond motifs is 1. The van der Waals surface area contributed by atoms with Crippen LogP contribution in [0.4, 0.5) is 0 Å². The zero-order valence-electron chi connectivity index (χ0n) is 14.5. The predicted octanol–water partition coefficient (Wildman–Crippen LogP) is 4.23. The van der Waals surface area contributed by atoms with Crippen molar-refractivity contribution in [1.29, 1.82) is 0 Å². The van der Waals surface area contributed by atoms with Crippen molar-refractivity contribution < 1.29 is 0 Å². The van der Waals surface area contributed by atoms with E-state index in [1.807, 2.05) is 26.8 Å². The van der Waals surface area contributed by atoms with Gasteiger partial charge < -0.3 is 4.98 Å². The third-order valence-corrected chi connectivity index (χ3v) is 7.11. The summed E-state index contributed by atoms with van der Waals surface area (Å²) >= 11 is 4.74. The van der Waals surface area contributed by atoms with Crippen molar-refractivity contribution in [3.05, 3.63) is 54.8 Å². The number of aromatic nitrogens is 5. The van der Waals surface area contributed by atoms with Crippen LogP contribution in [0.25, 0.3) is 10.2 Å². The second-order valence-corrected chi connectivity index (χ2v) is 9.54. The van der Waals surface area contributed by atoms with Crippen LogP contribution in [-0.2, 0) is 6.42 Å². The molecule has 6 nitrogen and oxygen atoms in total. The zero-order valence-corrected chi connectivity index (χ0v) is 16.9.